The number of hydrogen-bond donors (Lipinski definition) is 0. The number of esters is 1. The number of morpholine rings is 1. The molecule has 1 saturated heterocycles. The smallest absolute Gasteiger partial charge is 0.338 e. The number of nitrogens with zero attached hydrogens (tertiary/aromatic N) is 2. The molecule has 0 aromatic heterocycles. The lowest BCUT2D eigenvalue weighted by Crippen LogP contribution is -2.46. The van der Waals surface area contributed by atoms with Gasteiger partial charge in [-0.25, -0.2) is 4.79 Å². The number of benzene rings is 1. The highest BCUT2D eigenvalue weighted by molar-refractivity contribution is 5.92. The Morgan fingerprint density at radius 1 is 1.41 bits per heavy atom. The second-order valence-corrected chi connectivity index (χ2v) is 5.54. The van der Waals surface area contributed by atoms with Gasteiger partial charge >= 0.3 is 5.97 Å². The molecule has 1 atom stereocenters. The Balaban J connectivity index is 1.89. The van der Waals surface area contributed by atoms with Crippen molar-refractivity contribution in [2.45, 2.75) is 13.0 Å². The van der Waals surface area contributed by atoms with Crippen LogP contribution in [0, 0.1) is 0 Å². The minimum Gasteiger partial charge on any atom is -0.452 e. The number of amides is 1. The zero-order valence-electron chi connectivity index (χ0n) is 13.2. The summed E-state index contributed by atoms with van der Waals surface area (Å²) in [6, 6.07) is 7.11. The Bertz CT molecular complexity index is 545. The van der Waals surface area contributed by atoms with Crippen LogP contribution in [0.25, 0.3) is 0 Å². The van der Waals surface area contributed by atoms with Gasteiger partial charge < -0.3 is 19.3 Å². The van der Waals surface area contributed by atoms with Crippen LogP contribution in [0.3, 0.4) is 0 Å². The van der Waals surface area contributed by atoms with Gasteiger partial charge in [-0.05, 0) is 25.1 Å². The predicted molar refractivity (Wildman–Crippen MR) is 83.0 cm³/mol. The summed E-state index contributed by atoms with van der Waals surface area (Å²) in [6.07, 6.45) is 0.0187. The van der Waals surface area contributed by atoms with Crippen LogP contribution in [0.4, 0.5) is 5.69 Å². The number of rotatable bonds is 4. The SMILES string of the molecule is CC1CN(C(=O)COC(=O)c2cccc(N(C)C)c2)CCO1. The van der Waals surface area contributed by atoms with Crippen LogP contribution in [0.15, 0.2) is 24.3 Å². The highest BCUT2D eigenvalue weighted by atomic mass is 16.5. The fourth-order valence-corrected chi connectivity index (χ4v) is 2.26. The summed E-state index contributed by atoms with van der Waals surface area (Å²) < 4.78 is 10.5. The van der Waals surface area contributed by atoms with E-state index in [0.717, 1.165) is 5.69 Å². The third-order valence-electron chi connectivity index (χ3n) is 3.52. The molecule has 1 aliphatic heterocycles. The summed E-state index contributed by atoms with van der Waals surface area (Å²) in [6.45, 7) is 3.27. The Labute approximate surface area is 130 Å². The van der Waals surface area contributed by atoms with E-state index in [1.807, 2.05) is 32.0 Å². The molecule has 0 N–H and O–H groups in total. The van der Waals surface area contributed by atoms with Crippen molar-refractivity contribution in [3.63, 3.8) is 0 Å². The molecule has 6 heteroatoms. The van der Waals surface area contributed by atoms with E-state index in [-0.39, 0.29) is 18.6 Å². The van der Waals surface area contributed by atoms with E-state index in [0.29, 0.717) is 25.3 Å². The first-order valence-electron chi connectivity index (χ1n) is 7.31. The normalized spacial score (nSPS) is 18.0. The average Bonchev–Trinajstić information content (AvgIpc) is 2.52. The van der Waals surface area contributed by atoms with Crippen LogP contribution >= 0.6 is 0 Å². The van der Waals surface area contributed by atoms with E-state index in [9.17, 15) is 9.59 Å². The van der Waals surface area contributed by atoms with Gasteiger partial charge in [-0.15, -0.1) is 0 Å². The summed E-state index contributed by atoms with van der Waals surface area (Å²) in [5.41, 5.74) is 1.34. The molecule has 0 bridgehead atoms. The lowest BCUT2D eigenvalue weighted by molar-refractivity contribution is -0.141. The van der Waals surface area contributed by atoms with E-state index < -0.39 is 5.97 Å². The topological polar surface area (TPSA) is 59.1 Å². The molecule has 0 saturated carbocycles. The monoisotopic (exact) mass is 306 g/mol. The van der Waals surface area contributed by atoms with Crippen molar-refractivity contribution in [2.24, 2.45) is 0 Å². The quantitative estimate of drug-likeness (QED) is 0.781. The first kappa shape index (κ1) is 16.3. The molecule has 0 spiro atoms. The zero-order valence-corrected chi connectivity index (χ0v) is 13.2. The van der Waals surface area contributed by atoms with Crippen molar-refractivity contribution in [1.82, 2.24) is 4.90 Å². The first-order valence-corrected chi connectivity index (χ1v) is 7.31. The third kappa shape index (κ3) is 4.21. The van der Waals surface area contributed by atoms with Crippen molar-refractivity contribution in [1.29, 1.82) is 0 Å². The Hall–Kier alpha value is -2.08. The fourth-order valence-electron chi connectivity index (χ4n) is 2.26. The molecular formula is C16H22N2O4. The molecule has 1 heterocycles. The molecule has 1 aliphatic rings. The van der Waals surface area contributed by atoms with Crippen molar-refractivity contribution in [3.05, 3.63) is 29.8 Å². The first-order chi connectivity index (χ1) is 10.5. The Morgan fingerprint density at radius 3 is 2.86 bits per heavy atom. The molecular weight excluding hydrogens is 284 g/mol. The maximum atomic E-state index is 12.0. The lowest BCUT2D eigenvalue weighted by Gasteiger charge is -2.30. The van der Waals surface area contributed by atoms with Crippen LogP contribution in [0.2, 0.25) is 0 Å². The summed E-state index contributed by atoms with van der Waals surface area (Å²) >= 11 is 0. The van der Waals surface area contributed by atoms with Gasteiger partial charge in [0.05, 0.1) is 18.3 Å². The summed E-state index contributed by atoms with van der Waals surface area (Å²) in [5.74, 6) is -0.675. The predicted octanol–water partition coefficient (Wildman–Crippen LogP) is 1.16. The second kappa shape index (κ2) is 7.26. The third-order valence-corrected chi connectivity index (χ3v) is 3.52. The van der Waals surface area contributed by atoms with Crippen molar-refractivity contribution in [2.75, 3.05) is 45.3 Å². The van der Waals surface area contributed by atoms with Gasteiger partial charge in [-0.3, -0.25) is 4.79 Å². The van der Waals surface area contributed by atoms with Gasteiger partial charge in [-0.1, -0.05) is 6.07 Å². The van der Waals surface area contributed by atoms with Gasteiger partial charge in [0.15, 0.2) is 6.61 Å². The molecule has 0 radical (unpaired) electrons. The fraction of sp³-hybridized carbons (Fsp3) is 0.500. The van der Waals surface area contributed by atoms with Gasteiger partial charge in [0.2, 0.25) is 0 Å². The van der Waals surface area contributed by atoms with Gasteiger partial charge in [-0.2, -0.15) is 0 Å². The Morgan fingerprint density at radius 2 is 2.18 bits per heavy atom. The number of ether oxygens (including phenoxy) is 2. The minimum atomic E-state index is -0.488. The van der Waals surface area contributed by atoms with E-state index in [1.54, 1.807) is 23.1 Å². The van der Waals surface area contributed by atoms with Crippen LogP contribution < -0.4 is 4.90 Å². The van der Waals surface area contributed by atoms with Crippen LogP contribution in [0.5, 0.6) is 0 Å². The van der Waals surface area contributed by atoms with E-state index in [1.165, 1.54) is 0 Å². The maximum Gasteiger partial charge on any atom is 0.338 e. The molecule has 1 fully saturated rings. The standard InChI is InChI=1S/C16H22N2O4/c1-12-10-18(7-8-21-12)15(19)11-22-16(20)13-5-4-6-14(9-13)17(2)3/h4-6,9,12H,7-8,10-11H2,1-3H3. The molecule has 2 rings (SSSR count). The molecule has 1 unspecified atom stereocenters. The minimum absolute atomic E-state index is 0.0187. The Kier molecular flexibility index (Phi) is 5.38. The average molecular weight is 306 g/mol. The largest absolute Gasteiger partial charge is 0.452 e. The summed E-state index contributed by atoms with van der Waals surface area (Å²) in [4.78, 5) is 27.6. The van der Waals surface area contributed by atoms with E-state index in [4.69, 9.17) is 9.47 Å². The molecule has 22 heavy (non-hydrogen) atoms. The molecule has 6 nitrogen and oxygen atoms in total. The van der Waals surface area contributed by atoms with Crippen molar-refractivity contribution >= 4 is 17.6 Å². The van der Waals surface area contributed by atoms with Crippen LogP contribution in [-0.4, -0.2) is 63.3 Å². The van der Waals surface area contributed by atoms with Crippen LogP contribution in [-0.2, 0) is 14.3 Å². The number of anilines is 1. The summed E-state index contributed by atoms with van der Waals surface area (Å²) in [5, 5.41) is 0. The number of hydrogen-bond acceptors (Lipinski definition) is 5. The number of carbonyl (C=O) groups is 2. The van der Waals surface area contributed by atoms with Gasteiger partial charge in [0.1, 0.15) is 0 Å². The molecule has 0 aliphatic carbocycles. The highest BCUT2D eigenvalue weighted by Gasteiger charge is 2.22. The van der Waals surface area contributed by atoms with E-state index in [2.05, 4.69) is 0 Å². The van der Waals surface area contributed by atoms with E-state index >= 15 is 0 Å². The summed E-state index contributed by atoms with van der Waals surface area (Å²) in [7, 11) is 3.79. The van der Waals surface area contributed by atoms with Gasteiger partial charge in [0.25, 0.3) is 5.91 Å². The highest BCUT2D eigenvalue weighted by Crippen LogP contribution is 2.14. The van der Waals surface area contributed by atoms with Crippen molar-refractivity contribution in [3.8, 4) is 0 Å². The maximum absolute atomic E-state index is 12.0. The zero-order chi connectivity index (χ0) is 16.1. The number of carbonyl (C=O) groups excluding carboxylic acids is 2. The molecule has 1 amide bonds. The van der Waals surface area contributed by atoms with Crippen molar-refractivity contribution < 1.29 is 19.1 Å². The molecule has 1 aromatic rings. The van der Waals surface area contributed by atoms with Crippen LogP contribution in [0.1, 0.15) is 17.3 Å². The van der Waals surface area contributed by atoms with Gasteiger partial charge in [0, 0.05) is 32.9 Å². The lowest BCUT2D eigenvalue weighted by atomic mass is 10.2. The second-order valence-electron chi connectivity index (χ2n) is 5.54. The molecule has 120 valence electrons. The molecule has 1 aromatic carbocycles.